The van der Waals surface area contributed by atoms with Gasteiger partial charge in [-0.1, -0.05) is 23.7 Å². The molecule has 1 aliphatic heterocycles. The summed E-state index contributed by atoms with van der Waals surface area (Å²) in [6.07, 6.45) is -2.31. The van der Waals surface area contributed by atoms with Gasteiger partial charge in [-0.25, -0.2) is 0 Å². The Balaban J connectivity index is 1.70. The molecule has 1 N–H and O–H groups in total. The number of rotatable bonds is 5. The van der Waals surface area contributed by atoms with Gasteiger partial charge in [-0.2, -0.15) is 13.2 Å². The van der Waals surface area contributed by atoms with Crippen LogP contribution < -0.4 is 10.2 Å². The lowest BCUT2D eigenvalue weighted by Crippen LogP contribution is -2.52. The first-order chi connectivity index (χ1) is 15.5. The fourth-order valence-electron chi connectivity index (χ4n) is 3.30. The van der Waals surface area contributed by atoms with Crippen molar-refractivity contribution in [2.45, 2.75) is 6.18 Å². The topological polar surface area (TPSA) is 95.8 Å². The molecule has 2 aromatic carbocycles. The summed E-state index contributed by atoms with van der Waals surface area (Å²) in [6.45, 7) is 0.0216. The molecule has 2 amide bonds. The fraction of sp³-hybridized carbons (Fsp3) is 0.238. The van der Waals surface area contributed by atoms with Gasteiger partial charge in [0.05, 0.1) is 16.3 Å². The number of non-ortho nitro benzene ring substituents is 1. The van der Waals surface area contributed by atoms with Crippen molar-refractivity contribution in [2.75, 3.05) is 36.4 Å². The maximum Gasteiger partial charge on any atom is 0.471 e. The monoisotopic (exact) mass is 482 g/mol. The number of hydrogen-bond acceptors (Lipinski definition) is 5. The third-order valence-electron chi connectivity index (χ3n) is 4.87. The van der Waals surface area contributed by atoms with E-state index in [-0.39, 0.29) is 31.9 Å². The third kappa shape index (κ3) is 6.22. The lowest BCUT2D eigenvalue weighted by atomic mass is 10.2. The zero-order valence-electron chi connectivity index (χ0n) is 17.0. The third-order valence-corrected chi connectivity index (χ3v) is 5.11. The van der Waals surface area contributed by atoms with E-state index in [2.05, 4.69) is 5.32 Å². The molecule has 174 valence electrons. The van der Waals surface area contributed by atoms with Crippen LogP contribution >= 0.6 is 11.6 Å². The second-order valence-electron chi connectivity index (χ2n) is 7.11. The van der Waals surface area contributed by atoms with Crippen LogP contribution in [0.3, 0.4) is 0 Å². The van der Waals surface area contributed by atoms with Crippen molar-refractivity contribution in [3.05, 3.63) is 69.2 Å². The summed E-state index contributed by atoms with van der Waals surface area (Å²) in [7, 11) is 0. The van der Waals surface area contributed by atoms with Crippen LogP contribution in [0.1, 0.15) is 5.56 Å². The van der Waals surface area contributed by atoms with Crippen LogP contribution in [0.4, 0.5) is 30.2 Å². The van der Waals surface area contributed by atoms with Gasteiger partial charge in [-0.05, 0) is 29.8 Å². The molecule has 0 spiro atoms. The van der Waals surface area contributed by atoms with E-state index in [9.17, 15) is 32.9 Å². The first-order valence-electron chi connectivity index (χ1n) is 9.69. The van der Waals surface area contributed by atoms with E-state index in [1.807, 2.05) is 0 Å². The van der Waals surface area contributed by atoms with E-state index in [0.717, 1.165) is 4.90 Å². The summed E-state index contributed by atoms with van der Waals surface area (Å²) in [6, 6.07) is 10.5. The number of alkyl halides is 3. The molecular formula is C21H18ClF3N4O4. The molecule has 0 aromatic heterocycles. The highest BCUT2D eigenvalue weighted by Gasteiger charge is 2.43. The molecule has 0 radical (unpaired) electrons. The van der Waals surface area contributed by atoms with Gasteiger partial charge in [0.25, 0.3) is 5.69 Å². The van der Waals surface area contributed by atoms with Crippen molar-refractivity contribution in [1.29, 1.82) is 0 Å². The van der Waals surface area contributed by atoms with Gasteiger partial charge in [0.1, 0.15) is 0 Å². The molecule has 1 fully saturated rings. The zero-order chi connectivity index (χ0) is 24.2. The number of piperazine rings is 1. The van der Waals surface area contributed by atoms with Gasteiger partial charge in [-0.3, -0.25) is 19.7 Å². The second-order valence-corrected chi connectivity index (χ2v) is 7.55. The highest BCUT2D eigenvalue weighted by molar-refractivity contribution is 6.31. The number of nitrogens with zero attached hydrogens (tertiary/aromatic N) is 3. The predicted molar refractivity (Wildman–Crippen MR) is 117 cm³/mol. The summed E-state index contributed by atoms with van der Waals surface area (Å²) in [5.74, 6) is -2.41. The molecule has 8 nitrogen and oxygen atoms in total. The van der Waals surface area contributed by atoms with E-state index in [0.29, 0.717) is 22.0 Å². The molecule has 1 aliphatic rings. The van der Waals surface area contributed by atoms with E-state index >= 15 is 0 Å². The summed E-state index contributed by atoms with van der Waals surface area (Å²) in [5.41, 5.74) is 1.22. The Bertz CT molecular complexity index is 1100. The van der Waals surface area contributed by atoms with Gasteiger partial charge in [0, 0.05) is 49.4 Å². The van der Waals surface area contributed by atoms with Gasteiger partial charge >= 0.3 is 12.1 Å². The first-order valence-corrected chi connectivity index (χ1v) is 10.1. The summed E-state index contributed by atoms with van der Waals surface area (Å²) < 4.78 is 38.0. The highest BCUT2D eigenvalue weighted by atomic mass is 35.5. The number of carbonyl (C=O) groups excluding carboxylic acids is 2. The molecule has 0 atom stereocenters. The average Bonchev–Trinajstić information content (AvgIpc) is 2.77. The molecule has 1 heterocycles. The molecule has 3 rings (SSSR count). The maximum atomic E-state index is 12.7. The fourth-order valence-corrected chi connectivity index (χ4v) is 3.47. The number of hydrogen-bond donors (Lipinski definition) is 1. The van der Waals surface area contributed by atoms with Crippen molar-refractivity contribution < 1.29 is 27.7 Å². The molecule has 0 unspecified atom stereocenters. The minimum absolute atomic E-state index is 0.113. The predicted octanol–water partition coefficient (Wildman–Crippen LogP) is 4.11. The Morgan fingerprint density at radius 3 is 2.42 bits per heavy atom. The standard InChI is InChI=1S/C21H18ClF3N4O4/c22-15-5-6-18(27-8-10-28(11-9-27)20(31)21(23,24)25)17(13-15)26-19(30)7-4-14-2-1-3-16(12-14)29(32)33/h1-7,12-13H,8-11H2,(H,26,30)/b7-4+. The van der Waals surface area contributed by atoms with Crippen LogP contribution in [0.5, 0.6) is 0 Å². The number of nitrogens with one attached hydrogen (secondary N) is 1. The lowest BCUT2D eigenvalue weighted by molar-refractivity contribution is -0.384. The van der Waals surface area contributed by atoms with Crippen LogP contribution in [-0.2, 0) is 9.59 Å². The number of nitro groups is 1. The normalized spacial score (nSPS) is 14.4. The Labute approximate surface area is 191 Å². The summed E-state index contributed by atoms with van der Waals surface area (Å²) in [5, 5.41) is 13.9. The maximum absolute atomic E-state index is 12.7. The molecular weight excluding hydrogens is 465 g/mol. The van der Waals surface area contributed by atoms with Crippen molar-refractivity contribution in [1.82, 2.24) is 4.90 Å². The van der Waals surface area contributed by atoms with Gasteiger partial charge in [0.2, 0.25) is 5.91 Å². The van der Waals surface area contributed by atoms with Crippen molar-refractivity contribution in [3.63, 3.8) is 0 Å². The molecule has 1 saturated heterocycles. The smallest absolute Gasteiger partial charge is 0.366 e. The minimum atomic E-state index is -4.92. The van der Waals surface area contributed by atoms with Crippen LogP contribution in [0.2, 0.25) is 5.02 Å². The zero-order valence-corrected chi connectivity index (χ0v) is 17.8. The number of nitro benzene ring substituents is 1. The quantitative estimate of drug-likeness (QED) is 0.393. The summed E-state index contributed by atoms with van der Waals surface area (Å²) >= 11 is 6.04. The Morgan fingerprint density at radius 1 is 1.09 bits per heavy atom. The van der Waals surface area contributed by atoms with E-state index in [4.69, 9.17) is 11.6 Å². The highest BCUT2D eigenvalue weighted by Crippen LogP contribution is 2.31. The largest absolute Gasteiger partial charge is 0.471 e. The van der Waals surface area contributed by atoms with Crippen LogP contribution in [0.15, 0.2) is 48.5 Å². The van der Waals surface area contributed by atoms with Crippen molar-refractivity contribution in [2.24, 2.45) is 0 Å². The molecule has 0 bridgehead atoms. The van der Waals surface area contributed by atoms with Crippen molar-refractivity contribution in [3.8, 4) is 0 Å². The van der Waals surface area contributed by atoms with Gasteiger partial charge in [0.15, 0.2) is 0 Å². The van der Waals surface area contributed by atoms with Crippen LogP contribution in [0.25, 0.3) is 6.08 Å². The van der Waals surface area contributed by atoms with Crippen LogP contribution in [-0.4, -0.2) is 54.0 Å². The van der Waals surface area contributed by atoms with Gasteiger partial charge in [-0.15, -0.1) is 0 Å². The molecule has 12 heteroatoms. The van der Waals surface area contributed by atoms with E-state index in [1.165, 1.54) is 36.4 Å². The number of anilines is 2. The van der Waals surface area contributed by atoms with Crippen molar-refractivity contribution >= 4 is 46.6 Å². The number of amides is 2. The molecule has 33 heavy (non-hydrogen) atoms. The van der Waals surface area contributed by atoms with E-state index in [1.54, 1.807) is 23.1 Å². The van der Waals surface area contributed by atoms with Gasteiger partial charge < -0.3 is 15.1 Å². The lowest BCUT2D eigenvalue weighted by Gasteiger charge is -2.37. The molecule has 0 saturated carbocycles. The number of benzene rings is 2. The number of halogens is 4. The van der Waals surface area contributed by atoms with Crippen LogP contribution in [0, 0.1) is 10.1 Å². The minimum Gasteiger partial charge on any atom is -0.366 e. The average molecular weight is 483 g/mol. The first kappa shape index (κ1) is 24.1. The van der Waals surface area contributed by atoms with E-state index < -0.39 is 22.9 Å². The summed E-state index contributed by atoms with van der Waals surface area (Å²) in [4.78, 5) is 36.7. The Hall–Kier alpha value is -3.60. The SMILES string of the molecule is O=C(/C=C/c1cccc([N+](=O)[O-])c1)Nc1cc(Cl)ccc1N1CCN(C(=O)C(F)(F)F)CC1. The Morgan fingerprint density at radius 2 is 1.79 bits per heavy atom. The molecule has 0 aliphatic carbocycles. The Kier molecular flexibility index (Phi) is 7.22. The molecule has 2 aromatic rings. The number of carbonyl (C=O) groups is 2. The second kappa shape index (κ2) is 9.90.